The van der Waals surface area contributed by atoms with Crippen LogP contribution in [0, 0.1) is 0 Å². The van der Waals surface area contributed by atoms with Crippen molar-refractivity contribution < 1.29 is 14.6 Å². The van der Waals surface area contributed by atoms with Gasteiger partial charge in [0.2, 0.25) is 0 Å². The number of nitrogens with zero attached hydrogens (tertiary/aromatic N) is 1. The van der Waals surface area contributed by atoms with E-state index in [-0.39, 0.29) is 6.10 Å². The average Bonchev–Trinajstić information content (AvgIpc) is 2.46. The molecular weight excluding hydrogens is 254 g/mol. The first kappa shape index (κ1) is 13.9. The number of morpholine rings is 1. The second-order valence-electron chi connectivity index (χ2n) is 5.68. The molecule has 20 heavy (non-hydrogen) atoms. The second-order valence-corrected chi connectivity index (χ2v) is 5.68. The molecule has 3 atom stereocenters. The number of hydrogen-bond acceptors (Lipinski definition) is 4. The Hall–Kier alpha value is -1.10. The van der Waals surface area contributed by atoms with Crippen molar-refractivity contribution in [3.8, 4) is 5.75 Å². The van der Waals surface area contributed by atoms with Crippen molar-refractivity contribution in [3.63, 3.8) is 0 Å². The zero-order valence-corrected chi connectivity index (χ0v) is 12.2. The Balaban J connectivity index is 1.93. The molecule has 110 valence electrons. The molecule has 1 fully saturated rings. The third-order valence-electron chi connectivity index (χ3n) is 4.39. The van der Waals surface area contributed by atoms with E-state index in [1.54, 1.807) is 7.11 Å². The van der Waals surface area contributed by atoms with Gasteiger partial charge >= 0.3 is 0 Å². The van der Waals surface area contributed by atoms with Gasteiger partial charge in [0.1, 0.15) is 11.9 Å². The van der Waals surface area contributed by atoms with Crippen LogP contribution in [0.4, 0.5) is 0 Å². The minimum atomic E-state index is -0.694. The van der Waals surface area contributed by atoms with E-state index < -0.39 is 6.29 Å². The Bertz CT molecular complexity index is 477. The Kier molecular flexibility index (Phi) is 3.96. The molecule has 1 saturated heterocycles. The van der Waals surface area contributed by atoms with Gasteiger partial charge in [-0.25, -0.2) is 0 Å². The predicted molar refractivity (Wildman–Crippen MR) is 76.8 cm³/mol. The van der Waals surface area contributed by atoms with E-state index in [1.807, 2.05) is 6.07 Å². The number of benzene rings is 1. The molecule has 1 N–H and O–H groups in total. The van der Waals surface area contributed by atoms with Crippen molar-refractivity contribution in [2.24, 2.45) is 0 Å². The fraction of sp³-hybridized carbons (Fsp3) is 0.625. The smallest absolute Gasteiger partial charge is 0.168 e. The molecule has 0 aromatic heterocycles. The molecule has 0 amide bonds. The summed E-state index contributed by atoms with van der Waals surface area (Å²) < 4.78 is 11.2. The number of methoxy groups -OCH3 is 1. The Morgan fingerprint density at radius 1 is 1.45 bits per heavy atom. The fourth-order valence-corrected chi connectivity index (χ4v) is 3.49. The highest BCUT2D eigenvalue weighted by Crippen LogP contribution is 2.40. The van der Waals surface area contributed by atoms with Crippen molar-refractivity contribution in [2.75, 3.05) is 20.2 Å². The fourth-order valence-electron chi connectivity index (χ4n) is 3.49. The minimum absolute atomic E-state index is 0.0378. The molecule has 2 aliphatic rings. The first-order chi connectivity index (χ1) is 9.72. The monoisotopic (exact) mass is 277 g/mol. The molecule has 2 unspecified atom stereocenters. The normalized spacial score (nSPS) is 29.6. The topological polar surface area (TPSA) is 41.9 Å². The highest BCUT2D eigenvalue weighted by atomic mass is 16.6. The molecule has 0 spiro atoms. The van der Waals surface area contributed by atoms with Gasteiger partial charge in [-0.05, 0) is 49.1 Å². The summed E-state index contributed by atoms with van der Waals surface area (Å²) in [4.78, 5) is 2.38. The first-order valence-electron chi connectivity index (χ1n) is 7.47. The average molecular weight is 277 g/mol. The summed E-state index contributed by atoms with van der Waals surface area (Å²) in [5.74, 6) is 0.857. The maximum absolute atomic E-state index is 10.0. The SMILES string of the molecule is CCCN1CC(O)O[C@@H]2c3cc(OC)ccc3CCC21. The van der Waals surface area contributed by atoms with Crippen LogP contribution in [-0.4, -0.2) is 42.5 Å². The van der Waals surface area contributed by atoms with Gasteiger partial charge in [0, 0.05) is 12.6 Å². The molecule has 3 rings (SSSR count). The lowest BCUT2D eigenvalue weighted by atomic mass is 9.84. The van der Waals surface area contributed by atoms with Gasteiger partial charge in [0.25, 0.3) is 0 Å². The van der Waals surface area contributed by atoms with E-state index in [9.17, 15) is 5.11 Å². The minimum Gasteiger partial charge on any atom is -0.497 e. The van der Waals surface area contributed by atoms with Crippen LogP contribution in [0.5, 0.6) is 5.75 Å². The standard InChI is InChI=1S/C16H23NO3/c1-3-8-17-10-15(18)20-16-13-9-12(19-2)6-4-11(13)5-7-14(16)17/h4,6,9,14-16,18H,3,5,7-8,10H2,1-2H3/t14?,15?,16-/m1/s1. The zero-order chi connectivity index (χ0) is 14.1. The number of fused-ring (bicyclic) bond motifs is 3. The number of rotatable bonds is 3. The first-order valence-corrected chi connectivity index (χ1v) is 7.47. The van der Waals surface area contributed by atoms with E-state index in [1.165, 1.54) is 11.1 Å². The number of ether oxygens (including phenoxy) is 2. The van der Waals surface area contributed by atoms with Crippen LogP contribution in [0.2, 0.25) is 0 Å². The lowest BCUT2D eigenvalue weighted by Gasteiger charge is -2.46. The predicted octanol–water partition coefficient (Wildman–Crippen LogP) is 2.11. The van der Waals surface area contributed by atoms with E-state index in [0.717, 1.165) is 31.6 Å². The largest absolute Gasteiger partial charge is 0.497 e. The zero-order valence-electron chi connectivity index (χ0n) is 12.2. The molecule has 1 heterocycles. The quantitative estimate of drug-likeness (QED) is 0.919. The lowest BCUT2D eigenvalue weighted by Crippen LogP contribution is -2.52. The summed E-state index contributed by atoms with van der Waals surface area (Å²) in [6, 6.07) is 6.56. The molecule has 4 heteroatoms. The van der Waals surface area contributed by atoms with Crippen molar-refractivity contribution in [3.05, 3.63) is 29.3 Å². The number of aliphatic hydroxyl groups is 1. The van der Waals surface area contributed by atoms with Crippen molar-refractivity contribution >= 4 is 0 Å². The summed E-state index contributed by atoms with van der Waals surface area (Å²) in [7, 11) is 1.68. The van der Waals surface area contributed by atoms with E-state index in [4.69, 9.17) is 9.47 Å². The van der Waals surface area contributed by atoms with Crippen LogP contribution in [-0.2, 0) is 11.2 Å². The van der Waals surface area contributed by atoms with Gasteiger partial charge in [-0.2, -0.15) is 0 Å². The number of aryl methyl sites for hydroxylation is 1. The Morgan fingerprint density at radius 2 is 2.30 bits per heavy atom. The van der Waals surface area contributed by atoms with Crippen molar-refractivity contribution in [1.82, 2.24) is 4.90 Å². The van der Waals surface area contributed by atoms with Gasteiger partial charge in [-0.3, -0.25) is 4.90 Å². The lowest BCUT2D eigenvalue weighted by molar-refractivity contribution is -0.210. The highest BCUT2D eigenvalue weighted by molar-refractivity contribution is 5.40. The maximum Gasteiger partial charge on any atom is 0.168 e. The third-order valence-corrected chi connectivity index (χ3v) is 4.39. The number of β-amino-alcohol motifs (C(OH)–C–C–N with tert-alkyl or cyclic N) is 1. The molecular formula is C16H23NO3. The van der Waals surface area contributed by atoms with Gasteiger partial charge in [-0.1, -0.05) is 13.0 Å². The van der Waals surface area contributed by atoms with E-state index in [0.29, 0.717) is 12.6 Å². The second kappa shape index (κ2) is 5.72. The Labute approximate surface area is 120 Å². The molecule has 4 nitrogen and oxygen atoms in total. The van der Waals surface area contributed by atoms with Gasteiger partial charge in [-0.15, -0.1) is 0 Å². The Morgan fingerprint density at radius 3 is 3.05 bits per heavy atom. The van der Waals surface area contributed by atoms with Gasteiger partial charge in [0.15, 0.2) is 6.29 Å². The molecule has 1 aliphatic heterocycles. The molecule has 0 bridgehead atoms. The maximum atomic E-state index is 10.0. The number of hydrogen-bond donors (Lipinski definition) is 1. The summed E-state index contributed by atoms with van der Waals surface area (Å²) in [6.07, 6.45) is 2.53. The molecule has 0 radical (unpaired) electrons. The third kappa shape index (κ3) is 2.43. The van der Waals surface area contributed by atoms with Gasteiger partial charge in [0.05, 0.1) is 7.11 Å². The van der Waals surface area contributed by atoms with E-state index in [2.05, 4.69) is 24.0 Å². The van der Waals surface area contributed by atoms with Crippen molar-refractivity contribution in [2.45, 2.75) is 44.6 Å². The molecule has 1 aliphatic carbocycles. The van der Waals surface area contributed by atoms with Crippen LogP contribution in [0.1, 0.15) is 37.0 Å². The van der Waals surface area contributed by atoms with Gasteiger partial charge < -0.3 is 14.6 Å². The molecule has 0 saturated carbocycles. The van der Waals surface area contributed by atoms with Crippen LogP contribution in [0.3, 0.4) is 0 Å². The number of aliphatic hydroxyl groups excluding tert-OH is 1. The summed E-state index contributed by atoms with van der Waals surface area (Å²) in [5, 5.41) is 10.0. The van der Waals surface area contributed by atoms with Crippen LogP contribution < -0.4 is 4.74 Å². The summed E-state index contributed by atoms with van der Waals surface area (Å²) in [5.41, 5.74) is 2.50. The summed E-state index contributed by atoms with van der Waals surface area (Å²) >= 11 is 0. The molecule has 1 aromatic carbocycles. The molecule has 1 aromatic rings. The van der Waals surface area contributed by atoms with Crippen molar-refractivity contribution in [1.29, 1.82) is 0 Å². The highest BCUT2D eigenvalue weighted by Gasteiger charge is 2.40. The van der Waals surface area contributed by atoms with Crippen LogP contribution in [0.25, 0.3) is 0 Å². The van der Waals surface area contributed by atoms with Crippen LogP contribution >= 0.6 is 0 Å². The van der Waals surface area contributed by atoms with E-state index >= 15 is 0 Å². The van der Waals surface area contributed by atoms with Crippen LogP contribution in [0.15, 0.2) is 18.2 Å². The summed E-state index contributed by atoms with van der Waals surface area (Å²) in [6.45, 7) is 3.81.